The molecule has 0 atom stereocenters. The molecule has 254 valence electrons. The second kappa shape index (κ2) is 14.4. The van der Waals surface area contributed by atoms with Gasteiger partial charge in [-0.1, -0.05) is 26.0 Å². The van der Waals surface area contributed by atoms with Crippen molar-refractivity contribution in [2.75, 3.05) is 75.2 Å². The van der Waals surface area contributed by atoms with Crippen LogP contribution in [0.3, 0.4) is 0 Å². The maximum atomic E-state index is 14.4. The van der Waals surface area contributed by atoms with Crippen LogP contribution in [0, 0.1) is 11.6 Å². The molecule has 0 amide bonds. The topological polar surface area (TPSA) is 81.2 Å². The van der Waals surface area contributed by atoms with Crippen molar-refractivity contribution in [2.24, 2.45) is 0 Å². The molecule has 2 aliphatic heterocycles. The Morgan fingerprint density at radius 3 is 1.27 bits per heavy atom. The highest BCUT2D eigenvalue weighted by Gasteiger charge is 2.49. The van der Waals surface area contributed by atoms with Gasteiger partial charge in [0, 0.05) is 52.4 Å². The maximum absolute atomic E-state index is 14.4. The molecular weight excluding hydrogens is 660 g/mol. The molecule has 2 aromatic rings. The van der Waals surface area contributed by atoms with Crippen LogP contribution < -0.4 is 9.80 Å². The Balaban J connectivity index is 0.000000246. The number of piperazine rings is 2. The summed E-state index contributed by atoms with van der Waals surface area (Å²) in [6.07, 6.45) is 0.980. The third kappa shape index (κ3) is 8.18. The summed E-state index contributed by atoms with van der Waals surface area (Å²) in [6, 6.07) is 6.16. The van der Waals surface area contributed by atoms with Gasteiger partial charge in [-0.3, -0.25) is 4.90 Å². The van der Waals surface area contributed by atoms with E-state index in [9.17, 15) is 52.0 Å². The number of likely N-dealkylation sites (N-methyl/N-ethyl adjacent to an activating group) is 1. The monoisotopic (exact) mass is 694 g/mol. The van der Waals surface area contributed by atoms with Gasteiger partial charge in [-0.25, -0.2) is 25.6 Å². The molecule has 0 radical (unpaired) electrons. The van der Waals surface area contributed by atoms with E-state index in [1.165, 1.54) is 12.1 Å². The van der Waals surface area contributed by atoms with E-state index in [4.69, 9.17) is 0 Å². The first-order valence-corrected chi connectivity index (χ1v) is 17.0. The predicted octanol–water partition coefficient (Wildman–Crippen LogP) is 4.91. The first-order valence-electron chi connectivity index (χ1n) is 14.0. The highest BCUT2D eigenvalue weighted by atomic mass is 32.2. The smallest absolute Gasteiger partial charge is 0.367 e. The summed E-state index contributed by atoms with van der Waals surface area (Å²) in [7, 11) is -11.4. The van der Waals surface area contributed by atoms with Crippen LogP contribution in [0.4, 0.5) is 46.5 Å². The van der Waals surface area contributed by atoms with Crippen LogP contribution in [-0.2, 0) is 19.7 Å². The molecule has 0 aliphatic carbocycles. The maximum Gasteiger partial charge on any atom is 0.502 e. The van der Waals surface area contributed by atoms with Gasteiger partial charge in [0.05, 0.1) is 11.4 Å². The van der Waals surface area contributed by atoms with E-state index in [0.29, 0.717) is 64.5 Å². The molecule has 2 saturated heterocycles. The SMILES string of the molecule is CCCN1CCN(c2cccc(S(=O)(=O)C(F)(F)F)c2F)CC1.CCN1CCN(c2cccc(S(=O)(=O)C(F)(F)F)c2F)CC1. The number of nitrogens with zero attached hydrogens (tertiary/aromatic N) is 4. The molecule has 18 heteroatoms. The Labute approximate surface area is 257 Å². The highest BCUT2D eigenvalue weighted by Crippen LogP contribution is 2.36. The molecule has 0 unspecified atom stereocenters. The number of halogens is 8. The van der Waals surface area contributed by atoms with Gasteiger partial charge in [0.15, 0.2) is 11.6 Å². The highest BCUT2D eigenvalue weighted by molar-refractivity contribution is 7.92. The zero-order valence-corrected chi connectivity index (χ0v) is 26.1. The summed E-state index contributed by atoms with van der Waals surface area (Å²) < 4.78 is 150. The predicted molar refractivity (Wildman–Crippen MR) is 153 cm³/mol. The summed E-state index contributed by atoms with van der Waals surface area (Å²) in [5, 5.41) is 0. The average molecular weight is 695 g/mol. The van der Waals surface area contributed by atoms with Crippen molar-refractivity contribution < 1.29 is 52.0 Å². The third-order valence-electron chi connectivity index (χ3n) is 7.49. The fraction of sp³-hybridized carbons (Fsp3) is 0.556. The number of benzene rings is 2. The normalized spacial score (nSPS) is 17.6. The minimum absolute atomic E-state index is 0.105. The van der Waals surface area contributed by atoms with E-state index >= 15 is 0 Å². The van der Waals surface area contributed by atoms with E-state index in [1.54, 1.807) is 9.80 Å². The Morgan fingerprint density at radius 2 is 0.956 bits per heavy atom. The lowest BCUT2D eigenvalue weighted by Crippen LogP contribution is -2.46. The van der Waals surface area contributed by atoms with Gasteiger partial charge in [-0.05, 0) is 43.8 Å². The minimum atomic E-state index is -5.70. The van der Waals surface area contributed by atoms with Crippen LogP contribution >= 0.6 is 0 Å². The largest absolute Gasteiger partial charge is 0.502 e. The van der Waals surface area contributed by atoms with Gasteiger partial charge >= 0.3 is 11.0 Å². The first kappa shape index (κ1) is 36.8. The zero-order chi connectivity index (χ0) is 33.8. The lowest BCUT2D eigenvalue weighted by Gasteiger charge is -2.36. The van der Waals surface area contributed by atoms with Crippen molar-refractivity contribution in [3.05, 3.63) is 48.0 Å². The lowest BCUT2D eigenvalue weighted by molar-refractivity contribution is -0.0443. The summed E-state index contributed by atoms with van der Waals surface area (Å²) in [4.78, 5) is 4.79. The minimum Gasteiger partial charge on any atom is -0.367 e. The van der Waals surface area contributed by atoms with Crippen LogP contribution in [0.1, 0.15) is 20.3 Å². The summed E-state index contributed by atoms with van der Waals surface area (Å²) >= 11 is 0. The molecule has 4 rings (SSSR count). The van der Waals surface area contributed by atoms with Crippen LogP contribution in [-0.4, -0.2) is 103 Å². The Morgan fingerprint density at radius 1 is 0.600 bits per heavy atom. The van der Waals surface area contributed by atoms with Crippen LogP contribution in [0.15, 0.2) is 46.2 Å². The third-order valence-corrected chi connectivity index (χ3v) is 10.5. The van der Waals surface area contributed by atoms with Crippen molar-refractivity contribution in [3.63, 3.8) is 0 Å². The Bertz CT molecular complexity index is 1520. The molecule has 2 aliphatic rings. The average Bonchev–Trinajstić information content (AvgIpc) is 2.97. The van der Waals surface area contributed by atoms with Crippen LogP contribution in [0.25, 0.3) is 0 Å². The van der Waals surface area contributed by atoms with E-state index in [0.717, 1.165) is 31.6 Å². The zero-order valence-electron chi connectivity index (χ0n) is 24.5. The molecule has 8 nitrogen and oxygen atoms in total. The fourth-order valence-corrected chi connectivity index (χ4v) is 6.68. The van der Waals surface area contributed by atoms with Gasteiger partial charge in [-0.2, -0.15) is 26.3 Å². The standard InChI is InChI=1S/C14H18F4N2O2S.C13H16F4N2O2S/c1-2-6-19-7-9-20(10-8-19)11-4-3-5-12(13(11)15)23(21,22)14(16,17)18;1-2-18-6-8-19(9-7-18)10-4-3-5-11(12(10)14)22(20,21)13(15,16)17/h3-5H,2,6-10H2,1H3;3-5H,2,6-9H2,1H3. The first-order chi connectivity index (χ1) is 20.9. The van der Waals surface area contributed by atoms with Crippen molar-refractivity contribution >= 4 is 31.0 Å². The Kier molecular flexibility index (Phi) is 11.7. The number of hydrogen-bond acceptors (Lipinski definition) is 8. The molecule has 2 fully saturated rings. The van der Waals surface area contributed by atoms with Gasteiger partial charge in [0.25, 0.3) is 19.7 Å². The van der Waals surface area contributed by atoms with Crippen molar-refractivity contribution in [1.29, 1.82) is 0 Å². The quantitative estimate of drug-likeness (QED) is 0.379. The number of rotatable bonds is 7. The van der Waals surface area contributed by atoms with E-state index < -0.39 is 52.1 Å². The van der Waals surface area contributed by atoms with Gasteiger partial charge in [0.1, 0.15) is 9.79 Å². The molecule has 0 bridgehead atoms. The molecule has 45 heavy (non-hydrogen) atoms. The van der Waals surface area contributed by atoms with Crippen molar-refractivity contribution in [2.45, 2.75) is 41.1 Å². The molecule has 0 N–H and O–H groups in total. The lowest BCUT2D eigenvalue weighted by atomic mass is 10.2. The van der Waals surface area contributed by atoms with Crippen LogP contribution in [0.5, 0.6) is 0 Å². The van der Waals surface area contributed by atoms with Gasteiger partial charge in [0.2, 0.25) is 0 Å². The molecule has 0 aromatic heterocycles. The molecule has 2 aromatic carbocycles. The van der Waals surface area contributed by atoms with Crippen molar-refractivity contribution in [3.8, 4) is 0 Å². The van der Waals surface area contributed by atoms with E-state index in [2.05, 4.69) is 9.80 Å². The second-order valence-corrected chi connectivity index (χ2v) is 14.1. The van der Waals surface area contributed by atoms with Gasteiger partial charge in [-0.15, -0.1) is 0 Å². The van der Waals surface area contributed by atoms with Gasteiger partial charge < -0.3 is 14.7 Å². The van der Waals surface area contributed by atoms with E-state index in [-0.39, 0.29) is 11.4 Å². The Hall–Kier alpha value is -2.70. The van der Waals surface area contributed by atoms with Crippen molar-refractivity contribution in [1.82, 2.24) is 9.80 Å². The molecule has 0 spiro atoms. The summed E-state index contributed by atoms with van der Waals surface area (Å²) in [5.41, 5.74) is -11.3. The summed E-state index contributed by atoms with van der Waals surface area (Å²) in [6.45, 7) is 10.1. The number of anilines is 2. The molecule has 2 heterocycles. The molecular formula is C27H34F8N4O4S2. The van der Waals surface area contributed by atoms with E-state index in [1.807, 2.05) is 13.8 Å². The second-order valence-electron chi connectivity index (χ2n) is 10.3. The number of sulfone groups is 2. The van der Waals surface area contributed by atoms with Crippen LogP contribution in [0.2, 0.25) is 0 Å². The summed E-state index contributed by atoms with van der Waals surface area (Å²) in [5.74, 6) is -2.68. The molecule has 0 saturated carbocycles. The number of hydrogen-bond donors (Lipinski definition) is 0. The fourth-order valence-electron chi connectivity index (χ4n) is 4.98. The number of alkyl halides is 6.